The highest BCUT2D eigenvalue weighted by atomic mass is 16.2. The predicted molar refractivity (Wildman–Crippen MR) is 86.6 cm³/mol. The van der Waals surface area contributed by atoms with Crippen LogP contribution in [-0.2, 0) is 4.79 Å². The highest BCUT2D eigenvalue weighted by Crippen LogP contribution is 2.22. The number of nitrogens with zero attached hydrogens (tertiary/aromatic N) is 1. The van der Waals surface area contributed by atoms with Gasteiger partial charge in [0.2, 0.25) is 5.91 Å². The van der Waals surface area contributed by atoms with Crippen LogP contribution in [0.3, 0.4) is 0 Å². The van der Waals surface area contributed by atoms with E-state index in [1.165, 1.54) is 0 Å². The SMILES string of the molecule is C[C@H](NC(=O)c1ccccc1)C(=O)N[C@@H]1CC[C@H](N(C)C)C1. The normalized spacial score (nSPS) is 22.4. The van der Waals surface area contributed by atoms with Gasteiger partial charge in [-0.25, -0.2) is 0 Å². The van der Waals surface area contributed by atoms with E-state index in [-0.39, 0.29) is 17.9 Å². The molecule has 0 heterocycles. The molecule has 1 aromatic carbocycles. The molecule has 0 aromatic heterocycles. The Morgan fingerprint density at radius 2 is 1.86 bits per heavy atom. The summed E-state index contributed by atoms with van der Waals surface area (Å²) >= 11 is 0. The van der Waals surface area contributed by atoms with E-state index >= 15 is 0 Å². The van der Waals surface area contributed by atoms with Crippen LogP contribution >= 0.6 is 0 Å². The van der Waals surface area contributed by atoms with Crippen molar-refractivity contribution in [1.82, 2.24) is 15.5 Å². The van der Waals surface area contributed by atoms with Crippen molar-refractivity contribution in [2.24, 2.45) is 0 Å². The van der Waals surface area contributed by atoms with Gasteiger partial charge in [-0.3, -0.25) is 9.59 Å². The molecule has 0 saturated heterocycles. The van der Waals surface area contributed by atoms with E-state index in [0.717, 1.165) is 19.3 Å². The van der Waals surface area contributed by atoms with Crippen molar-refractivity contribution < 1.29 is 9.59 Å². The minimum Gasteiger partial charge on any atom is -0.352 e. The Morgan fingerprint density at radius 3 is 2.45 bits per heavy atom. The van der Waals surface area contributed by atoms with Gasteiger partial charge in [0.05, 0.1) is 0 Å². The van der Waals surface area contributed by atoms with Gasteiger partial charge in [0.1, 0.15) is 6.04 Å². The van der Waals surface area contributed by atoms with Crippen LogP contribution in [0.1, 0.15) is 36.5 Å². The molecule has 1 fully saturated rings. The number of hydrogen-bond acceptors (Lipinski definition) is 3. The molecule has 2 amide bonds. The van der Waals surface area contributed by atoms with E-state index in [4.69, 9.17) is 0 Å². The Bertz CT molecular complexity index is 516. The number of nitrogens with one attached hydrogen (secondary N) is 2. The van der Waals surface area contributed by atoms with Crippen molar-refractivity contribution in [3.05, 3.63) is 35.9 Å². The van der Waals surface area contributed by atoms with E-state index in [1.807, 2.05) is 6.07 Å². The van der Waals surface area contributed by atoms with Gasteiger partial charge in [0, 0.05) is 17.6 Å². The fourth-order valence-electron chi connectivity index (χ4n) is 2.82. The molecule has 0 bridgehead atoms. The first kappa shape index (κ1) is 16.5. The largest absolute Gasteiger partial charge is 0.352 e. The summed E-state index contributed by atoms with van der Waals surface area (Å²) in [6.45, 7) is 1.72. The first-order chi connectivity index (χ1) is 10.5. The molecule has 1 aromatic rings. The average Bonchev–Trinajstić information content (AvgIpc) is 2.96. The molecule has 0 aliphatic heterocycles. The van der Waals surface area contributed by atoms with Crippen LogP contribution in [0.25, 0.3) is 0 Å². The summed E-state index contributed by atoms with van der Waals surface area (Å²) in [5.74, 6) is -0.338. The molecular formula is C17H25N3O2. The summed E-state index contributed by atoms with van der Waals surface area (Å²) in [6.07, 6.45) is 3.06. The molecule has 120 valence electrons. The standard InChI is InChI=1S/C17H25N3O2/c1-12(18-17(22)13-7-5-4-6-8-13)16(21)19-14-9-10-15(11-14)20(2)3/h4-8,12,14-15H,9-11H2,1-3H3,(H,18,22)(H,19,21)/t12-,14+,15-/m0/s1. The Morgan fingerprint density at radius 1 is 1.18 bits per heavy atom. The number of amides is 2. The third-order valence-corrected chi connectivity index (χ3v) is 4.26. The molecule has 2 rings (SSSR count). The van der Waals surface area contributed by atoms with E-state index in [0.29, 0.717) is 11.6 Å². The van der Waals surface area contributed by atoms with Gasteiger partial charge in [0.15, 0.2) is 0 Å². The quantitative estimate of drug-likeness (QED) is 0.864. The molecule has 22 heavy (non-hydrogen) atoms. The smallest absolute Gasteiger partial charge is 0.251 e. The number of rotatable bonds is 5. The number of benzene rings is 1. The summed E-state index contributed by atoms with van der Waals surface area (Å²) < 4.78 is 0. The second kappa shape index (κ2) is 7.40. The molecular weight excluding hydrogens is 278 g/mol. The van der Waals surface area contributed by atoms with Crippen LogP contribution in [0.15, 0.2) is 30.3 Å². The van der Waals surface area contributed by atoms with Crippen LogP contribution < -0.4 is 10.6 Å². The zero-order valence-corrected chi connectivity index (χ0v) is 13.5. The molecule has 0 unspecified atom stereocenters. The van der Waals surface area contributed by atoms with Crippen molar-refractivity contribution >= 4 is 11.8 Å². The molecule has 2 N–H and O–H groups in total. The molecule has 0 radical (unpaired) electrons. The predicted octanol–water partition coefficient (Wildman–Crippen LogP) is 1.40. The maximum Gasteiger partial charge on any atom is 0.251 e. The molecule has 3 atom stereocenters. The van der Waals surface area contributed by atoms with E-state index < -0.39 is 6.04 Å². The number of hydrogen-bond donors (Lipinski definition) is 2. The van der Waals surface area contributed by atoms with Gasteiger partial charge in [-0.1, -0.05) is 18.2 Å². The molecule has 1 saturated carbocycles. The van der Waals surface area contributed by atoms with Gasteiger partial charge in [0.25, 0.3) is 5.91 Å². The Hall–Kier alpha value is -1.88. The highest BCUT2D eigenvalue weighted by Gasteiger charge is 2.28. The van der Waals surface area contributed by atoms with Gasteiger partial charge in [-0.15, -0.1) is 0 Å². The zero-order chi connectivity index (χ0) is 16.1. The lowest BCUT2D eigenvalue weighted by Gasteiger charge is -2.20. The maximum absolute atomic E-state index is 12.2. The van der Waals surface area contributed by atoms with Gasteiger partial charge in [-0.05, 0) is 52.4 Å². The minimum absolute atomic E-state index is 0.117. The van der Waals surface area contributed by atoms with E-state index in [1.54, 1.807) is 31.2 Å². The van der Waals surface area contributed by atoms with E-state index in [9.17, 15) is 9.59 Å². The van der Waals surface area contributed by atoms with Gasteiger partial charge in [-0.2, -0.15) is 0 Å². The number of carbonyl (C=O) groups excluding carboxylic acids is 2. The third kappa shape index (κ3) is 4.31. The Balaban J connectivity index is 1.81. The van der Waals surface area contributed by atoms with Crippen molar-refractivity contribution in [2.45, 2.75) is 44.3 Å². The lowest BCUT2D eigenvalue weighted by Crippen LogP contribution is -2.47. The highest BCUT2D eigenvalue weighted by molar-refractivity contribution is 5.97. The van der Waals surface area contributed by atoms with Crippen molar-refractivity contribution in [1.29, 1.82) is 0 Å². The molecule has 0 spiro atoms. The fraction of sp³-hybridized carbons (Fsp3) is 0.529. The average molecular weight is 303 g/mol. The fourth-order valence-corrected chi connectivity index (χ4v) is 2.82. The Kier molecular flexibility index (Phi) is 5.55. The second-order valence-corrected chi connectivity index (χ2v) is 6.20. The van der Waals surface area contributed by atoms with Crippen molar-refractivity contribution in [3.63, 3.8) is 0 Å². The lowest BCUT2D eigenvalue weighted by atomic mass is 10.2. The zero-order valence-electron chi connectivity index (χ0n) is 13.5. The van der Waals surface area contributed by atoms with Gasteiger partial charge >= 0.3 is 0 Å². The topological polar surface area (TPSA) is 61.4 Å². The van der Waals surface area contributed by atoms with Gasteiger partial charge < -0.3 is 15.5 Å². The van der Waals surface area contributed by atoms with Crippen LogP contribution in [0, 0.1) is 0 Å². The minimum atomic E-state index is -0.536. The van der Waals surface area contributed by atoms with Crippen LogP contribution in [0.2, 0.25) is 0 Å². The Labute approximate surface area is 132 Å². The second-order valence-electron chi connectivity index (χ2n) is 6.20. The lowest BCUT2D eigenvalue weighted by molar-refractivity contribution is -0.123. The van der Waals surface area contributed by atoms with Crippen molar-refractivity contribution in [3.8, 4) is 0 Å². The van der Waals surface area contributed by atoms with Crippen molar-refractivity contribution in [2.75, 3.05) is 14.1 Å². The first-order valence-corrected chi connectivity index (χ1v) is 7.80. The van der Waals surface area contributed by atoms with Crippen LogP contribution in [-0.4, -0.2) is 48.9 Å². The molecule has 1 aliphatic carbocycles. The summed E-state index contributed by atoms with van der Waals surface area (Å²) in [4.78, 5) is 26.4. The first-order valence-electron chi connectivity index (χ1n) is 7.80. The summed E-state index contributed by atoms with van der Waals surface area (Å²) in [5, 5.41) is 5.78. The monoisotopic (exact) mass is 303 g/mol. The van der Waals surface area contributed by atoms with Crippen LogP contribution in [0.4, 0.5) is 0 Å². The molecule has 5 heteroatoms. The molecule has 5 nitrogen and oxygen atoms in total. The summed E-state index contributed by atoms with van der Waals surface area (Å²) in [7, 11) is 4.13. The van der Waals surface area contributed by atoms with Crippen LogP contribution in [0.5, 0.6) is 0 Å². The third-order valence-electron chi connectivity index (χ3n) is 4.26. The van der Waals surface area contributed by atoms with E-state index in [2.05, 4.69) is 29.6 Å². The summed E-state index contributed by atoms with van der Waals surface area (Å²) in [6, 6.07) is 9.13. The maximum atomic E-state index is 12.2. The number of carbonyl (C=O) groups is 2. The summed E-state index contributed by atoms with van der Waals surface area (Å²) in [5.41, 5.74) is 0.565. The molecule has 1 aliphatic rings.